The van der Waals surface area contributed by atoms with Crippen LogP contribution in [0.3, 0.4) is 0 Å². The van der Waals surface area contributed by atoms with Crippen molar-refractivity contribution >= 4 is 16.0 Å². The van der Waals surface area contributed by atoms with E-state index in [9.17, 15) is 4.79 Å². The fourth-order valence-electron chi connectivity index (χ4n) is 2.33. The van der Waals surface area contributed by atoms with Gasteiger partial charge in [-0.05, 0) is 61.1 Å². The Bertz CT molecular complexity index is 650. The van der Waals surface area contributed by atoms with Gasteiger partial charge >= 0.3 is 5.97 Å². The number of esters is 1. The molecule has 0 saturated heterocycles. The van der Waals surface area contributed by atoms with Crippen LogP contribution >= 0.6 is 10.0 Å². The highest BCUT2D eigenvalue weighted by Gasteiger charge is 2.29. The molecule has 0 aliphatic rings. The SMILES string of the molecule is CCOC(=O)C(C)S(C)(C)c1ccc(OCc2ccccc2)cc1. The molecule has 0 aliphatic carbocycles. The van der Waals surface area contributed by atoms with Crippen LogP contribution in [0.5, 0.6) is 5.75 Å². The van der Waals surface area contributed by atoms with Crippen LogP contribution in [-0.4, -0.2) is 30.3 Å². The molecule has 0 radical (unpaired) electrons. The van der Waals surface area contributed by atoms with Crippen molar-refractivity contribution in [1.29, 1.82) is 0 Å². The van der Waals surface area contributed by atoms with Gasteiger partial charge < -0.3 is 9.47 Å². The fourth-order valence-corrected chi connectivity index (χ4v) is 4.13. The molecule has 0 spiro atoms. The van der Waals surface area contributed by atoms with E-state index in [2.05, 4.69) is 24.6 Å². The summed E-state index contributed by atoms with van der Waals surface area (Å²) in [5.41, 5.74) is 1.14. The van der Waals surface area contributed by atoms with Crippen molar-refractivity contribution in [3.63, 3.8) is 0 Å². The van der Waals surface area contributed by atoms with Gasteiger partial charge in [0.15, 0.2) is 0 Å². The Labute approximate surface area is 146 Å². The molecule has 2 aromatic rings. The Morgan fingerprint density at radius 2 is 1.67 bits per heavy atom. The molecule has 2 aromatic carbocycles. The maximum atomic E-state index is 12.1. The van der Waals surface area contributed by atoms with Gasteiger partial charge in [-0.2, -0.15) is 0 Å². The molecule has 0 aromatic heterocycles. The minimum Gasteiger partial charge on any atom is -0.489 e. The second-order valence-corrected chi connectivity index (χ2v) is 10.0. The number of carbonyl (C=O) groups excluding carboxylic acids is 1. The third-order valence-corrected chi connectivity index (χ3v) is 7.63. The van der Waals surface area contributed by atoms with E-state index in [1.54, 1.807) is 0 Å². The minimum absolute atomic E-state index is 0.123. The second-order valence-electron chi connectivity index (χ2n) is 6.05. The van der Waals surface area contributed by atoms with Crippen molar-refractivity contribution < 1.29 is 14.3 Å². The highest BCUT2D eigenvalue weighted by molar-refractivity contribution is 8.33. The standard InChI is InChI=1S/C20H26O3S/c1-5-22-20(21)16(2)24(3,4)19-13-11-18(12-14-19)23-15-17-9-7-6-8-10-17/h6-14,16H,5,15H2,1-4H3. The lowest BCUT2D eigenvalue weighted by atomic mass is 10.2. The molecular weight excluding hydrogens is 320 g/mol. The molecule has 3 nitrogen and oxygen atoms in total. The lowest BCUT2D eigenvalue weighted by Crippen LogP contribution is -2.25. The van der Waals surface area contributed by atoms with Crippen LogP contribution in [0.2, 0.25) is 0 Å². The average molecular weight is 346 g/mol. The topological polar surface area (TPSA) is 35.5 Å². The zero-order valence-electron chi connectivity index (χ0n) is 14.8. The molecule has 0 heterocycles. The van der Waals surface area contributed by atoms with Gasteiger partial charge in [0.2, 0.25) is 0 Å². The van der Waals surface area contributed by atoms with Gasteiger partial charge in [-0.3, -0.25) is 4.79 Å². The summed E-state index contributed by atoms with van der Waals surface area (Å²) in [5.74, 6) is 0.712. The van der Waals surface area contributed by atoms with E-state index >= 15 is 0 Å². The maximum Gasteiger partial charge on any atom is 0.317 e. The number of ether oxygens (including phenoxy) is 2. The van der Waals surface area contributed by atoms with Crippen molar-refractivity contribution in [2.75, 3.05) is 19.1 Å². The zero-order chi connectivity index (χ0) is 17.6. The fraction of sp³-hybridized carbons (Fsp3) is 0.350. The lowest BCUT2D eigenvalue weighted by Gasteiger charge is -2.36. The Hall–Kier alpha value is -1.94. The van der Waals surface area contributed by atoms with Gasteiger partial charge in [-0.1, -0.05) is 30.3 Å². The normalized spacial score (nSPS) is 13.2. The molecule has 4 heteroatoms. The summed E-state index contributed by atoms with van der Waals surface area (Å²) in [4.78, 5) is 13.2. The summed E-state index contributed by atoms with van der Waals surface area (Å²) in [6.07, 6.45) is 4.29. The first-order chi connectivity index (χ1) is 11.4. The van der Waals surface area contributed by atoms with Crippen LogP contribution in [0.1, 0.15) is 19.4 Å². The number of rotatable bonds is 7. The molecule has 1 unspecified atom stereocenters. The first kappa shape index (κ1) is 18.4. The summed E-state index contributed by atoms with van der Waals surface area (Å²) < 4.78 is 11.0. The monoisotopic (exact) mass is 346 g/mol. The van der Waals surface area contributed by atoms with Gasteiger partial charge in [0, 0.05) is 0 Å². The van der Waals surface area contributed by atoms with Gasteiger partial charge in [0.05, 0.1) is 11.9 Å². The van der Waals surface area contributed by atoms with E-state index in [4.69, 9.17) is 9.47 Å². The maximum absolute atomic E-state index is 12.1. The predicted molar refractivity (Wildman–Crippen MR) is 101 cm³/mol. The molecule has 0 aliphatic heterocycles. The Balaban J connectivity index is 2.03. The molecule has 24 heavy (non-hydrogen) atoms. The molecule has 0 bridgehead atoms. The summed E-state index contributed by atoms with van der Waals surface area (Å²) in [7, 11) is -1.27. The summed E-state index contributed by atoms with van der Waals surface area (Å²) >= 11 is 0. The van der Waals surface area contributed by atoms with E-state index in [-0.39, 0.29) is 11.2 Å². The highest BCUT2D eigenvalue weighted by Crippen LogP contribution is 2.53. The third-order valence-electron chi connectivity index (χ3n) is 4.18. The van der Waals surface area contributed by atoms with Crippen LogP contribution in [0.4, 0.5) is 0 Å². The third kappa shape index (κ3) is 4.54. The van der Waals surface area contributed by atoms with E-state index in [1.807, 2.05) is 56.3 Å². The van der Waals surface area contributed by atoms with Crippen LogP contribution in [0.15, 0.2) is 59.5 Å². The van der Waals surface area contributed by atoms with Gasteiger partial charge in [0.25, 0.3) is 0 Å². The molecular formula is C20H26O3S. The molecule has 0 saturated carbocycles. The number of hydrogen-bond acceptors (Lipinski definition) is 3. The van der Waals surface area contributed by atoms with Gasteiger partial charge in [-0.15, -0.1) is 0 Å². The van der Waals surface area contributed by atoms with Crippen LogP contribution < -0.4 is 4.74 Å². The number of carbonyl (C=O) groups is 1. The smallest absolute Gasteiger partial charge is 0.317 e. The molecule has 0 fully saturated rings. The molecule has 0 amide bonds. The summed E-state index contributed by atoms with van der Waals surface area (Å²) in [6.45, 7) is 4.76. The second kappa shape index (κ2) is 8.25. The van der Waals surface area contributed by atoms with Crippen molar-refractivity contribution in [2.24, 2.45) is 0 Å². The van der Waals surface area contributed by atoms with E-state index in [0.29, 0.717) is 13.2 Å². The number of hydrogen-bond donors (Lipinski definition) is 0. The van der Waals surface area contributed by atoms with Crippen molar-refractivity contribution in [3.8, 4) is 5.75 Å². The number of benzene rings is 2. The Morgan fingerprint density at radius 3 is 2.25 bits per heavy atom. The van der Waals surface area contributed by atoms with E-state index in [1.165, 1.54) is 4.90 Å². The Kier molecular flexibility index (Phi) is 6.32. The van der Waals surface area contributed by atoms with Gasteiger partial charge in [-0.25, -0.2) is 10.0 Å². The van der Waals surface area contributed by atoms with Crippen LogP contribution in [0, 0.1) is 0 Å². The Morgan fingerprint density at radius 1 is 1.04 bits per heavy atom. The first-order valence-corrected chi connectivity index (χ1v) is 10.6. The van der Waals surface area contributed by atoms with Crippen LogP contribution in [0.25, 0.3) is 0 Å². The van der Waals surface area contributed by atoms with Crippen molar-refractivity contribution in [1.82, 2.24) is 0 Å². The summed E-state index contributed by atoms with van der Waals surface area (Å²) in [6, 6.07) is 18.2. The minimum atomic E-state index is -1.27. The molecule has 130 valence electrons. The largest absolute Gasteiger partial charge is 0.489 e. The zero-order valence-corrected chi connectivity index (χ0v) is 15.6. The van der Waals surface area contributed by atoms with Crippen molar-refractivity contribution in [3.05, 3.63) is 60.2 Å². The van der Waals surface area contributed by atoms with E-state index in [0.717, 1.165) is 11.3 Å². The quantitative estimate of drug-likeness (QED) is 0.685. The molecule has 2 rings (SSSR count). The first-order valence-electron chi connectivity index (χ1n) is 8.10. The molecule has 1 atom stereocenters. The van der Waals surface area contributed by atoms with Crippen LogP contribution in [-0.2, 0) is 16.1 Å². The predicted octanol–water partition coefficient (Wildman–Crippen LogP) is 4.64. The highest BCUT2D eigenvalue weighted by atomic mass is 32.3. The summed E-state index contributed by atoms with van der Waals surface area (Å²) in [5, 5.41) is -0.131. The molecule has 0 N–H and O–H groups in total. The van der Waals surface area contributed by atoms with Gasteiger partial charge in [0.1, 0.15) is 12.4 Å². The lowest BCUT2D eigenvalue weighted by molar-refractivity contribution is -0.142. The van der Waals surface area contributed by atoms with Crippen molar-refractivity contribution in [2.45, 2.75) is 30.6 Å². The average Bonchev–Trinajstić information content (AvgIpc) is 2.60. The van der Waals surface area contributed by atoms with E-state index < -0.39 is 10.0 Å².